The molecule has 18 heavy (non-hydrogen) atoms. The standard InChI is InChI=1S/C13H18N2O2S/c1-17-11-6-10(14)4-5-12(11)18-8-13(16)15-7-9-2-3-9/h4-6,9H,2-3,7-8,14H2,1H3,(H,15,16). The Balaban J connectivity index is 1.82. The van der Waals surface area contributed by atoms with Crippen molar-refractivity contribution in [3.05, 3.63) is 18.2 Å². The van der Waals surface area contributed by atoms with E-state index in [2.05, 4.69) is 5.32 Å². The van der Waals surface area contributed by atoms with E-state index in [9.17, 15) is 4.79 Å². The van der Waals surface area contributed by atoms with Crippen molar-refractivity contribution in [1.29, 1.82) is 0 Å². The molecular weight excluding hydrogens is 248 g/mol. The van der Waals surface area contributed by atoms with Crippen molar-refractivity contribution in [1.82, 2.24) is 5.32 Å². The van der Waals surface area contributed by atoms with Gasteiger partial charge in [0.05, 0.1) is 12.9 Å². The van der Waals surface area contributed by atoms with Crippen LogP contribution in [0.3, 0.4) is 0 Å². The zero-order valence-electron chi connectivity index (χ0n) is 10.4. The van der Waals surface area contributed by atoms with E-state index in [1.807, 2.05) is 12.1 Å². The number of carbonyl (C=O) groups excluding carboxylic acids is 1. The monoisotopic (exact) mass is 266 g/mol. The number of amides is 1. The fraction of sp³-hybridized carbons (Fsp3) is 0.462. The van der Waals surface area contributed by atoms with Crippen LogP contribution in [-0.2, 0) is 4.79 Å². The van der Waals surface area contributed by atoms with Gasteiger partial charge in [0.25, 0.3) is 0 Å². The van der Waals surface area contributed by atoms with Crippen molar-refractivity contribution in [3.8, 4) is 5.75 Å². The van der Waals surface area contributed by atoms with Crippen molar-refractivity contribution in [2.24, 2.45) is 5.92 Å². The first kappa shape index (κ1) is 13.1. The molecule has 1 amide bonds. The molecular formula is C13H18N2O2S. The van der Waals surface area contributed by atoms with Gasteiger partial charge < -0.3 is 15.8 Å². The molecule has 0 unspecified atom stereocenters. The van der Waals surface area contributed by atoms with E-state index in [0.29, 0.717) is 17.4 Å². The highest BCUT2D eigenvalue weighted by atomic mass is 32.2. The summed E-state index contributed by atoms with van der Waals surface area (Å²) in [4.78, 5) is 12.6. The van der Waals surface area contributed by atoms with E-state index >= 15 is 0 Å². The SMILES string of the molecule is COc1cc(N)ccc1SCC(=O)NCC1CC1. The topological polar surface area (TPSA) is 64.3 Å². The number of carbonyl (C=O) groups is 1. The lowest BCUT2D eigenvalue weighted by Crippen LogP contribution is -2.27. The summed E-state index contributed by atoms with van der Waals surface area (Å²) in [5, 5.41) is 2.94. The van der Waals surface area contributed by atoms with Crippen LogP contribution in [0.1, 0.15) is 12.8 Å². The largest absolute Gasteiger partial charge is 0.496 e. The van der Waals surface area contributed by atoms with Gasteiger partial charge >= 0.3 is 0 Å². The molecule has 0 radical (unpaired) electrons. The van der Waals surface area contributed by atoms with E-state index in [-0.39, 0.29) is 5.91 Å². The normalized spacial score (nSPS) is 14.3. The third-order valence-corrected chi connectivity index (χ3v) is 3.89. The number of hydrogen-bond donors (Lipinski definition) is 2. The van der Waals surface area contributed by atoms with Crippen LogP contribution in [-0.4, -0.2) is 25.3 Å². The maximum atomic E-state index is 11.6. The second-order valence-corrected chi connectivity index (χ2v) is 5.46. The summed E-state index contributed by atoms with van der Waals surface area (Å²) >= 11 is 1.47. The average Bonchev–Trinajstić information content (AvgIpc) is 3.18. The van der Waals surface area contributed by atoms with Gasteiger partial charge in [0.15, 0.2) is 0 Å². The molecule has 1 fully saturated rings. The summed E-state index contributed by atoms with van der Waals surface area (Å²) in [5.41, 5.74) is 6.34. The van der Waals surface area contributed by atoms with Crippen LogP contribution in [0.5, 0.6) is 5.75 Å². The quantitative estimate of drug-likeness (QED) is 0.609. The highest BCUT2D eigenvalue weighted by molar-refractivity contribution is 8.00. The minimum absolute atomic E-state index is 0.0748. The molecule has 1 aromatic rings. The smallest absolute Gasteiger partial charge is 0.230 e. The molecule has 1 saturated carbocycles. The molecule has 2 rings (SSSR count). The number of thioether (sulfide) groups is 1. The minimum Gasteiger partial charge on any atom is -0.496 e. The Morgan fingerprint density at radius 3 is 3.00 bits per heavy atom. The lowest BCUT2D eigenvalue weighted by atomic mass is 10.3. The molecule has 98 valence electrons. The predicted molar refractivity (Wildman–Crippen MR) is 73.9 cm³/mol. The second-order valence-electron chi connectivity index (χ2n) is 4.45. The van der Waals surface area contributed by atoms with Crippen molar-refractivity contribution in [3.63, 3.8) is 0 Å². The van der Waals surface area contributed by atoms with Crippen LogP contribution in [0.4, 0.5) is 5.69 Å². The maximum absolute atomic E-state index is 11.6. The molecule has 0 saturated heterocycles. The summed E-state index contributed by atoms with van der Waals surface area (Å²) in [6.07, 6.45) is 2.50. The summed E-state index contributed by atoms with van der Waals surface area (Å²) in [5.74, 6) is 1.92. The van der Waals surface area contributed by atoms with Crippen LogP contribution in [0.15, 0.2) is 23.1 Å². The van der Waals surface area contributed by atoms with Crippen LogP contribution in [0.2, 0.25) is 0 Å². The fourth-order valence-electron chi connectivity index (χ4n) is 1.58. The van der Waals surface area contributed by atoms with Crippen molar-refractivity contribution in [2.75, 3.05) is 25.1 Å². The molecule has 3 N–H and O–H groups in total. The van der Waals surface area contributed by atoms with E-state index < -0.39 is 0 Å². The molecule has 0 atom stereocenters. The molecule has 1 aliphatic carbocycles. The van der Waals surface area contributed by atoms with Crippen molar-refractivity contribution < 1.29 is 9.53 Å². The zero-order valence-corrected chi connectivity index (χ0v) is 11.3. The number of hydrogen-bond acceptors (Lipinski definition) is 4. The Morgan fingerprint density at radius 2 is 2.33 bits per heavy atom. The Kier molecular flexibility index (Phi) is 4.36. The predicted octanol–water partition coefficient (Wildman–Crippen LogP) is 1.90. The summed E-state index contributed by atoms with van der Waals surface area (Å²) < 4.78 is 5.23. The highest BCUT2D eigenvalue weighted by Crippen LogP contribution is 2.31. The van der Waals surface area contributed by atoms with E-state index in [1.54, 1.807) is 13.2 Å². The Bertz CT molecular complexity index is 433. The number of nitrogen functional groups attached to an aromatic ring is 1. The zero-order chi connectivity index (χ0) is 13.0. The number of anilines is 1. The van der Waals surface area contributed by atoms with Gasteiger partial charge in [0, 0.05) is 23.2 Å². The molecule has 0 aromatic heterocycles. The Morgan fingerprint density at radius 1 is 1.56 bits per heavy atom. The number of rotatable bonds is 6. The fourth-order valence-corrected chi connectivity index (χ4v) is 2.42. The number of methoxy groups -OCH3 is 1. The van der Waals surface area contributed by atoms with Gasteiger partial charge in [0.2, 0.25) is 5.91 Å². The molecule has 1 aliphatic rings. The lowest BCUT2D eigenvalue weighted by molar-refractivity contribution is -0.118. The van der Waals surface area contributed by atoms with Gasteiger partial charge in [0.1, 0.15) is 5.75 Å². The maximum Gasteiger partial charge on any atom is 0.230 e. The molecule has 0 heterocycles. The number of nitrogens with two attached hydrogens (primary N) is 1. The Labute approximate surface area is 111 Å². The molecule has 4 nitrogen and oxygen atoms in total. The van der Waals surface area contributed by atoms with E-state index in [1.165, 1.54) is 24.6 Å². The lowest BCUT2D eigenvalue weighted by Gasteiger charge is -2.09. The van der Waals surface area contributed by atoms with Crippen LogP contribution in [0, 0.1) is 5.92 Å². The third-order valence-electron chi connectivity index (χ3n) is 2.83. The number of ether oxygens (including phenoxy) is 1. The van der Waals surface area contributed by atoms with Crippen LogP contribution < -0.4 is 15.8 Å². The highest BCUT2D eigenvalue weighted by Gasteiger charge is 2.21. The third kappa shape index (κ3) is 3.84. The minimum atomic E-state index is 0.0748. The summed E-state index contributed by atoms with van der Waals surface area (Å²) in [6, 6.07) is 5.46. The van der Waals surface area contributed by atoms with Gasteiger partial charge in [-0.05, 0) is 30.9 Å². The molecule has 5 heteroatoms. The van der Waals surface area contributed by atoms with Crippen molar-refractivity contribution >= 4 is 23.4 Å². The molecule has 0 spiro atoms. The first-order valence-electron chi connectivity index (χ1n) is 6.02. The number of benzene rings is 1. The van der Waals surface area contributed by atoms with Gasteiger partial charge in [-0.15, -0.1) is 11.8 Å². The second kappa shape index (κ2) is 6.00. The van der Waals surface area contributed by atoms with Gasteiger partial charge in [-0.1, -0.05) is 0 Å². The first-order valence-corrected chi connectivity index (χ1v) is 7.00. The van der Waals surface area contributed by atoms with Gasteiger partial charge in [-0.3, -0.25) is 4.79 Å². The van der Waals surface area contributed by atoms with Crippen LogP contribution in [0.25, 0.3) is 0 Å². The molecule has 0 bridgehead atoms. The van der Waals surface area contributed by atoms with Gasteiger partial charge in [-0.25, -0.2) is 0 Å². The number of nitrogens with one attached hydrogen (secondary N) is 1. The average molecular weight is 266 g/mol. The summed E-state index contributed by atoms with van der Waals surface area (Å²) in [6.45, 7) is 0.818. The van der Waals surface area contributed by atoms with E-state index in [4.69, 9.17) is 10.5 Å². The van der Waals surface area contributed by atoms with E-state index in [0.717, 1.165) is 17.2 Å². The van der Waals surface area contributed by atoms with Crippen LogP contribution >= 0.6 is 11.8 Å². The first-order chi connectivity index (χ1) is 8.69. The Hall–Kier alpha value is -1.36. The summed E-state index contributed by atoms with van der Waals surface area (Å²) in [7, 11) is 1.60. The van der Waals surface area contributed by atoms with Crippen molar-refractivity contribution in [2.45, 2.75) is 17.7 Å². The molecule has 0 aliphatic heterocycles. The van der Waals surface area contributed by atoms with Gasteiger partial charge in [-0.2, -0.15) is 0 Å². The molecule has 1 aromatic carbocycles.